The predicted molar refractivity (Wildman–Crippen MR) is 109 cm³/mol. The molecule has 0 unspecified atom stereocenters. The van der Waals surface area contributed by atoms with Gasteiger partial charge in [0, 0.05) is 45.0 Å². The van der Waals surface area contributed by atoms with Crippen molar-refractivity contribution in [3.63, 3.8) is 0 Å². The Kier molecular flexibility index (Phi) is 7.18. The summed E-state index contributed by atoms with van der Waals surface area (Å²) in [5.41, 5.74) is 2.30. The van der Waals surface area contributed by atoms with E-state index in [1.165, 1.54) is 5.56 Å². The minimum atomic E-state index is -0.109. The zero-order valence-corrected chi connectivity index (χ0v) is 16.6. The van der Waals surface area contributed by atoms with Crippen LogP contribution in [0.4, 0.5) is 0 Å². The Morgan fingerprint density at radius 2 is 1.89 bits per heavy atom. The first-order chi connectivity index (χ1) is 13.7. The van der Waals surface area contributed by atoms with Gasteiger partial charge in [-0.3, -0.25) is 14.6 Å². The Morgan fingerprint density at radius 1 is 1.14 bits per heavy atom. The van der Waals surface area contributed by atoms with Crippen molar-refractivity contribution in [1.82, 2.24) is 14.8 Å². The van der Waals surface area contributed by atoms with Crippen molar-refractivity contribution in [2.45, 2.75) is 39.2 Å². The van der Waals surface area contributed by atoms with Gasteiger partial charge >= 0.3 is 0 Å². The van der Waals surface area contributed by atoms with Gasteiger partial charge in [0.1, 0.15) is 0 Å². The maximum absolute atomic E-state index is 13.2. The first kappa shape index (κ1) is 20.1. The van der Waals surface area contributed by atoms with Gasteiger partial charge in [-0.05, 0) is 42.5 Å². The molecule has 2 heterocycles. The van der Waals surface area contributed by atoms with Gasteiger partial charge in [0.2, 0.25) is 11.8 Å². The lowest BCUT2D eigenvalue weighted by molar-refractivity contribution is -0.143. The largest absolute Gasteiger partial charge is 0.342 e. The third kappa shape index (κ3) is 5.41. The van der Waals surface area contributed by atoms with Gasteiger partial charge in [0.25, 0.3) is 0 Å². The lowest BCUT2D eigenvalue weighted by atomic mass is 9.95. The number of pyridine rings is 1. The number of benzene rings is 1. The average Bonchev–Trinajstić information content (AvgIpc) is 2.74. The van der Waals surface area contributed by atoms with Crippen molar-refractivity contribution in [1.29, 1.82) is 0 Å². The fraction of sp³-hybridized carbons (Fsp3) is 0.435. The van der Waals surface area contributed by atoms with Crippen molar-refractivity contribution >= 4 is 11.8 Å². The molecule has 0 aliphatic carbocycles. The summed E-state index contributed by atoms with van der Waals surface area (Å²) in [6.45, 7) is 4.62. The van der Waals surface area contributed by atoms with E-state index < -0.39 is 0 Å². The molecule has 3 rings (SSSR count). The van der Waals surface area contributed by atoms with Crippen LogP contribution in [0.3, 0.4) is 0 Å². The predicted octanol–water partition coefficient (Wildman–Crippen LogP) is 3.30. The van der Waals surface area contributed by atoms with E-state index in [0.717, 1.165) is 24.9 Å². The normalized spacial score (nSPS) is 16.8. The summed E-state index contributed by atoms with van der Waals surface area (Å²) in [6.07, 6.45) is 6.36. The molecule has 0 bridgehead atoms. The smallest absolute Gasteiger partial charge is 0.227 e. The number of amides is 2. The third-order valence-electron chi connectivity index (χ3n) is 5.29. The average molecular weight is 380 g/mol. The van der Waals surface area contributed by atoms with Crippen LogP contribution in [0.1, 0.15) is 37.3 Å². The molecule has 0 N–H and O–H groups in total. The molecule has 148 valence electrons. The van der Waals surface area contributed by atoms with E-state index >= 15 is 0 Å². The van der Waals surface area contributed by atoms with Crippen LogP contribution in [0, 0.1) is 5.92 Å². The first-order valence-electron chi connectivity index (χ1n) is 10.2. The molecule has 1 aromatic carbocycles. The van der Waals surface area contributed by atoms with Crippen LogP contribution >= 0.6 is 0 Å². The fourth-order valence-electron chi connectivity index (χ4n) is 3.75. The Bertz CT molecular complexity index is 764. The summed E-state index contributed by atoms with van der Waals surface area (Å²) >= 11 is 0. The van der Waals surface area contributed by atoms with E-state index in [1.807, 2.05) is 40.1 Å². The number of aromatic nitrogens is 1. The second-order valence-electron chi connectivity index (χ2n) is 7.43. The van der Waals surface area contributed by atoms with Crippen LogP contribution in [0.2, 0.25) is 0 Å². The SMILES string of the molecule is CCCN(Cc1ccncc1)C(=O)[C@@H]1CCC(=O)N(CCc2ccccc2)C1. The van der Waals surface area contributed by atoms with Gasteiger partial charge in [-0.25, -0.2) is 0 Å². The number of rotatable bonds is 8. The van der Waals surface area contributed by atoms with Crippen LogP contribution in [-0.2, 0) is 22.6 Å². The molecule has 1 aliphatic rings. The van der Waals surface area contributed by atoms with Crippen LogP contribution in [0.5, 0.6) is 0 Å². The second-order valence-corrected chi connectivity index (χ2v) is 7.43. The van der Waals surface area contributed by atoms with Crippen LogP contribution in [0.15, 0.2) is 54.9 Å². The van der Waals surface area contributed by atoms with E-state index in [1.54, 1.807) is 12.4 Å². The van der Waals surface area contributed by atoms with Crippen molar-refractivity contribution in [2.24, 2.45) is 5.92 Å². The van der Waals surface area contributed by atoms with Crippen molar-refractivity contribution < 1.29 is 9.59 Å². The summed E-state index contributed by atoms with van der Waals surface area (Å²) in [7, 11) is 0. The molecule has 1 aliphatic heterocycles. The fourth-order valence-corrected chi connectivity index (χ4v) is 3.75. The van der Waals surface area contributed by atoms with Gasteiger partial charge < -0.3 is 9.80 Å². The van der Waals surface area contributed by atoms with Crippen LogP contribution in [0.25, 0.3) is 0 Å². The van der Waals surface area contributed by atoms with Crippen molar-refractivity contribution in [3.8, 4) is 0 Å². The quantitative estimate of drug-likeness (QED) is 0.707. The number of hydrogen-bond acceptors (Lipinski definition) is 3. The van der Waals surface area contributed by atoms with Gasteiger partial charge in [0.05, 0.1) is 5.92 Å². The lowest BCUT2D eigenvalue weighted by Gasteiger charge is -2.35. The van der Waals surface area contributed by atoms with Crippen molar-refractivity contribution in [2.75, 3.05) is 19.6 Å². The number of hydrogen-bond donors (Lipinski definition) is 0. The number of carbonyl (C=O) groups is 2. The number of nitrogens with zero attached hydrogens (tertiary/aromatic N) is 3. The van der Waals surface area contributed by atoms with E-state index in [4.69, 9.17) is 0 Å². The second kappa shape index (κ2) is 10.0. The molecule has 1 aromatic heterocycles. The molecule has 5 heteroatoms. The molecule has 0 saturated carbocycles. The molecule has 1 atom stereocenters. The van der Waals surface area contributed by atoms with Gasteiger partial charge in [-0.2, -0.15) is 0 Å². The molecule has 1 saturated heterocycles. The maximum atomic E-state index is 13.2. The molecule has 2 aromatic rings. The van der Waals surface area contributed by atoms with E-state index in [-0.39, 0.29) is 17.7 Å². The summed E-state index contributed by atoms with van der Waals surface area (Å²) in [4.78, 5) is 33.4. The van der Waals surface area contributed by atoms with E-state index in [9.17, 15) is 9.59 Å². The monoisotopic (exact) mass is 379 g/mol. The lowest BCUT2D eigenvalue weighted by Crippen LogP contribution is -2.47. The Morgan fingerprint density at radius 3 is 2.61 bits per heavy atom. The number of piperidine rings is 1. The molecule has 1 fully saturated rings. The first-order valence-corrected chi connectivity index (χ1v) is 10.2. The Balaban J connectivity index is 1.61. The highest BCUT2D eigenvalue weighted by atomic mass is 16.2. The zero-order valence-electron chi connectivity index (χ0n) is 16.6. The zero-order chi connectivity index (χ0) is 19.8. The number of likely N-dealkylation sites (tertiary alicyclic amines) is 1. The van der Waals surface area contributed by atoms with Gasteiger partial charge in [-0.15, -0.1) is 0 Å². The van der Waals surface area contributed by atoms with Gasteiger partial charge in [0.15, 0.2) is 0 Å². The topological polar surface area (TPSA) is 53.5 Å². The van der Waals surface area contributed by atoms with Crippen molar-refractivity contribution in [3.05, 3.63) is 66.0 Å². The minimum Gasteiger partial charge on any atom is -0.342 e. The van der Waals surface area contributed by atoms with Crippen LogP contribution < -0.4 is 0 Å². The highest BCUT2D eigenvalue weighted by Gasteiger charge is 2.32. The standard InChI is InChI=1S/C23H29N3O2/c1-2-15-26(17-20-10-13-24-14-11-20)23(28)21-8-9-22(27)25(18-21)16-12-19-6-4-3-5-7-19/h3-7,10-11,13-14,21H,2,8-9,12,15-18H2,1H3/t21-/m1/s1. The Hall–Kier alpha value is -2.69. The highest BCUT2D eigenvalue weighted by molar-refractivity contribution is 5.84. The molecular formula is C23H29N3O2. The molecule has 0 radical (unpaired) electrons. The maximum Gasteiger partial charge on any atom is 0.227 e. The van der Waals surface area contributed by atoms with E-state index in [2.05, 4.69) is 24.0 Å². The minimum absolute atomic E-state index is 0.109. The molecule has 28 heavy (non-hydrogen) atoms. The highest BCUT2D eigenvalue weighted by Crippen LogP contribution is 2.21. The summed E-state index contributed by atoms with van der Waals surface area (Å²) < 4.78 is 0. The Labute approximate surface area is 167 Å². The summed E-state index contributed by atoms with van der Waals surface area (Å²) in [5.74, 6) is 0.217. The summed E-state index contributed by atoms with van der Waals surface area (Å²) in [5, 5.41) is 0. The molecule has 2 amide bonds. The third-order valence-corrected chi connectivity index (χ3v) is 5.29. The molecule has 5 nitrogen and oxygen atoms in total. The number of carbonyl (C=O) groups excluding carboxylic acids is 2. The van der Waals surface area contributed by atoms with Crippen LogP contribution in [-0.4, -0.2) is 46.2 Å². The van der Waals surface area contributed by atoms with E-state index in [0.29, 0.717) is 32.5 Å². The molecule has 0 spiro atoms. The molecular weight excluding hydrogens is 350 g/mol. The summed E-state index contributed by atoms with van der Waals surface area (Å²) in [6, 6.07) is 14.1. The van der Waals surface area contributed by atoms with Gasteiger partial charge in [-0.1, -0.05) is 37.3 Å².